The van der Waals surface area contributed by atoms with Gasteiger partial charge in [0.2, 0.25) is 0 Å². The number of carboxylic acid groups (broad SMARTS) is 4. The van der Waals surface area contributed by atoms with Gasteiger partial charge in [0.1, 0.15) is 5.75 Å². The minimum Gasteiger partial charge on any atom is -0.507 e. The summed E-state index contributed by atoms with van der Waals surface area (Å²) in [6.45, 7) is -0.880. The predicted octanol–water partition coefficient (Wildman–Crippen LogP) is -0.357. The van der Waals surface area contributed by atoms with Crippen LogP contribution >= 0.6 is 0 Å². The second-order valence-electron chi connectivity index (χ2n) is 6.30. The first-order valence-corrected chi connectivity index (χ1v) is 8.11. The summed E-state index contributed by atoms with van der Waals surface area (Å²) in [5.74, 6) is -5.21. The number of aryl methyl sites for hydroxylation is 1. The standard InChI is InChI=1S/C17H22N2O9/c1-10-2-11(4-18(6-13(20)21)7-14(22)23)17(28)12(3-10)5-19(8-15(24)25)9-16(26)27/h2-3,28H,4-9H2,1H3,(H,20,21)(H,22,23)(H,24,25)(H,26,27). The molecule has 11 nitrogen and oxygen atoms in total. The maximum atomic E-state index is 10.9. The smallest absolute Gasteiger partial charge is 0.317 e. The van der Waals surface area contributed by atoms with Gasteiger partial charge < -0.3 is 25.5 Å². The van der Waals surface area contributed by atoms with Crippen molar-refractivity contribution >= 4 is 23.9 Å². The van der Waals surface area contributed by atoms with Gasteiger partial charge in [-0.2, -0.15) is 0 Å². The van der Waals surface area contributed by atoms with Crippen LogP contribution in [-0.2, 0) is 32.3 Å². The van der Waals surface area contributed by atoms with Gasteiger partial charge in [0.25, 0.3) is 0 Å². The van der Waals surface area contributed by atoms with E-state index < -0.39 is 50.1 Å². The Balaban J connectivity index is 3.14. The molecule has 0 unspecified atom stereocenters. The highest BCUT2D eigenvalue weighted by Crippen LogP contribution is 2.27. The number of carbonyl (C=O) groups is 4. The highest BCUT2D eigenvalue weighted by molar-refractivity contribution is 5.73. The Labute approximate surface area is 160 Å². The second-order valence-corrected chi connectivity index (χ2v) is 6.30. The summed E-state index contributed by atoms with van der Waals surface area (Å²) in [4.78, 5) is 46.0. The number of aromatic hydroxyl groups is 1. The Morgan fingerprint density at radius 2 is 1.00 bits per heavy atom. The Hall–Kier alpha value is -3.18. The van der Waals surface area contributed by atoms with Crippen LogP contribution in [0.1, 0.15) is 16.7 Å². The number of hydrogen-bond acceptors (Lipinski definition) is 7. The van der Waals surface area contributed by atoms with Crippen LogP contribution in [0.25, 0.3) is 0 Å². The lowest BCUT2D eigenvalue weighted by atomic mass is 10.0. The normalized spacial score (nSPS) is 11.0. The molecule has 0 aromatic heterocycles. The molecule has 154 valence electrons. The maximum absolute atomic E-state index is 10.9. The van der Waals surface area contributed by atoms with Gasteiger partial charge in [-0.15, -0.1) is 0 Å². The molecule has 1 aromatic carbocycles. The number of rotatable bonds is 12. The lowest BCUT2D eigenvalue weighted by molar-refractivity contribution is -0.144. The molecule has 1 aromatic rings. The Morgan fingerprint density at radius 3 is 1.25 bits per heavy atom. The van der Waals surface area contributed by atoms with Gasteiger partial charge in [-0.25, -0.2) is 0 Å². The van der Waals surface area contributed by atoms with Crippen LogP contribution in [0.2, 0.25) is 0 Å². The molecular formula is C17H22N2O9. The van der Waals surface area contributed by atoms with Gasteiger partial charge in [0.15, 0.2) is 0 Å². The Morgan fingerprint density at radius 1 is 0.714 bits per heavy atom. The molecule has 0 heterocycles. The molecule has 11 heteroatoms. The monoisotopic (exact) mass is 398 g/mol. The van der Waals surface area contributed by atoms with Crippen LogP contribution < -0.4 is 0 Å². The van der Waals surface area contributed by atoms with Gasteiger partial charge in [0, 0.05) is 24.2 Å². The van der Waals surface area contributed by atoms with Crippen molar-refractivity contribution in [1.29, 1.82) is 0 Å². The molecule has 0 bridgehead atoms. The van der Waals surface area contributed by atoms with E-state index in [1.807, 2.05) is 0 Å². The predicted molar refractivity (Wildman–Crippen MR) is 93.9 cm³/mol. The van der Waals surface area contributed by atoms with E-state index in [1.165, 1.54) is 0 Å². The zero-order chi connectivity index (χ0) is 21.4. The summed E-state index contributed by atoms with van der Waals surface area (Å²) < 4.78 is 0. The van der Waals surface area contributed by atoms with Gasteiger partial charge in [-0.1, -0.05) is 17.7 Å². The number of benzene rings is 1. The number of hydrogen-bond donors (Lipinski definition) is 5. The van der Waals surface area contributed by atoms with Crippen LogP contribution in [-0.4, -0.2) is 85.4 Å². The fraction of sp³-hybridized carbons (Fsp3) is 0.412. The molecule has 28 heavy (non-hydrogen) atoms. The van der Waals surface area contributed by atoms with E-state index in [0.29, 0.717) is 5.56 Å². The third-order valence-corrected chi connectivity index (χ3v) is 3.64. The largest absolute Gasteiger partial charge is 0.507 e. The summed E-state index contributed by atoms with van der Waals surface area (Å²) in [7, 11) is 0. The van der Waals surface area contributed by atoms with Crippen molar-refractivity contribution in [3.8, 4) is 5.75 Å². The molecule has 0 fully saturated rings. The van der Waals surface area contributed by atoms with Crippen molar-refractivity contribution in [1.82, 2.24) is 9.80 Å². The minimum absolute atomic E-state index is 0.170. The quantitative estimate of drug-likeness (QED) is 0.311. The van der Waals surface area contributed by atoms with Crippen molar-refractivity contribution < 1.29 is 44.7 Å². The zero-order valence-corrected chi connectivity index (χ0v) is 15.2. The van der Waals surface area contributed by atoms with Gasteiger partial charge in [-0.3, -0.25) is 29.0 Å². The molecule has 0 saturated carbocycles. The van der Waals surface area contributed by atoms with Crippen LogP contribution in [0.15, 0.2) is 12.1 Å². The van der Waals surface area contributed by atoms with Gasteiger partial charge in [-0.05, 0) is 6.92 Å². The highest BCUT2D eigenvalue weighted by Gasteiger charge is 2.20. The molecular weight excluding hydrogens is 376 g/mol. The average molecular weight is 398 g/mol. The molecule has 0 aliphatic rings. The first-order valence-electron chi connectivity index (χ1n) is 8.11. The van der Waals surface area contributed by atoms with E-state index in [2.05, 4.69) is 0 Å². The number of aliphatic carboxylic acids is 4. The van der Waals surface area contributed by atoms with E-state index in [9.17, 15) is 24.3 Å². The molecule has 0 atom stereocenters. The topological polar surface area (TPSA) is 176 Å². The first kappa shape index (κ1) is 22.9. The number of nitrogens with zero attached hydrogens (tertiary/aromatic N) is 2. The van der Waals surface area contributed by atoms with Gasteiger partial charge >= 0.3 is 23.9 Å². The van der Waals surface area contributed by atoms with E-state index in [4.69, 9.17) is 20.4 Å². The Kier molecular flexibility index (Phi) is 8.35. The fourth-order valence-electron chi connectivity index (χ4n) is 2.76. The summed E-state index contributed by atoms with van der Waals surface area (Å²) >= 11 is 0. The van der Waals surface area contributed by atoms with Crippen molar-refractivity contribution in [3.63, 3.8) is 0 Å². The third kappa shape index (κ3) is 8.01. The molecule has 5 N–H and O–H groups in total. The SMILES string of the molecule is Cc1cc(CN(CC(=O)O)CC(=O)O)c(O)c(CN(CC(=O)O)CC(=O)O)c1. The van der Waals surface area contributed by atoms with Crippen molar-refractivity contribution in [3.05, 3.63) is 28.8 Å². The molecule has 0 saturated heterocycles. The number of carboxylic acids is 4. The molecule has 0 radical (unpaired) electrons. The summed E-state index contributed by atoms with van der Waals surface area (Å²) in [6, 6.07) is 3.10. The van der Waals surface area contributed by atoms with E-state index in [0.717, 1.165) is 9.80 Å². The van der Waals surface area contributed by atoms with Crippen LogP contribution in [0.3, 0.4) is 0 Å². The molecule has 0 aliphatic carbocycles. The number of phenolic OH excluding ortho intramolecular Hbond substituents is 1. The van der Waals surface area contributed by atoms with Gasteiger partial charge in [0.05, 0.1) is 26.2 Å². The van der Waals surface area contributed by atoms with Crippen LogP contribution in [0.5, 0.6) is 5.75 Å². The second kappa shape index (κ2) is 10.2. The summed E-state index contributed by atoms with van der Waals surface area (Å²) in [6.07, 6.45) is 0. The number of phenols is 1. The third-order valence-electron chi connectivity index (χ3n) is 3.64. The molecule has 0 aliphatic heterocycles. The van der Waals surface area contributed by atoms with E-state index in [-0.39, 0.29) is 30.0 Å². The van der Waals surface area contributed by atoms with E-state index >= 15 is 0 Å². The Bertz CT molecular complexity index is 672. The van der Waals surface area contributed by atoms with E-state index in [1.54, 1.807) is 19.1 Å². The van der Waals surface area contributed by atoms with Crippen LogP contribution in [0, 0.1) is 6.92 Å². The lowest BCUT2D eigenvalue weighted by Gasteiger charge is -2.22. The van der Waals surface area contributed by atoms with Crippen molar-refractivity contribution in [2.75, 3.05) is 26.2 Å². The minimum atomic E-state index is -1.23. The van der Waals surface area contributed by atoms with Crippen LogP contribution in [0.4, 0.5) is 0 Å². The summed E-state index contributed by atoms with van der Waals surface area (Å²) in [5.41, 5.74) is 1.16. The average Bonchev–Trinajstić information content (AvgIpc) is 2.49. The molecule has 1 rings (SSSR count). The first-order chi connectivity index (χ1) is 13.0. The fourth-order valence-corrected chi connectivity index (χ4v) is 2.76. The molecule has 0 amide bonds. The van der Waals surface area contributed by atoms with Crippen molar-refractivity contribution in [2.24, 2.45) is 0 Å². The summed E-state index contributed by atoms with van der Waals surface area (Å²) in [5, 5.41) is 46.2. The van der Waals surface area contributed by atoms with Crippen molar-refractivity contribution in [2.45, 2.75) is 20.0 Å². The lowest BCUT2D eigenvalue weighted by Crippen LogP contribution is -2.34. The zero-order valence-electron chi connectivity index (χ0n) is 15.2. The maximum Gasteiger partial charge on any atom is 0.317 e. The molecule has 0 spiro atoms. The highest BCUT2D eigenvalue weighted by atomic mass is 16.4.